The molecule has 1 saturated heterocycles. The van der Waals surface area contributed by atoms with E-state index in [9.17, 15) is 0 Å². The molecule has 3 N–H and O–H groups in total. The van der Waals surface area contributed by atoms with Crippen LogP contribution < -0.4 is 20.7 Å². The lowest BCUT2D eigenvalue weighted by atomic mass is 10.1. The number of nitrogens with one attached hydrogen (secondary N) is 1. The molecule has 1 fully saturated rings. The molecule has 0 aliphatic carbocycles. The summed E-state index contributed by atoms with van der Waals surface area (Å²) in [4.78, 5) is 19.9. The molecule has 3 aromatic rings. The molecule has 8 nitrogen and oxygen atoms in total. The van der Waals surface area contributed by atoms with Gasteiger partial charge in [0.2, 0.25) is 11.8 Å². The van der Waals surface area contributed by atoms with Crippen LogP contribution in [0, 0.1) is 0 Å². The van der Waals surface area contributed by atoms with Crippen LogP contribution in [-0.4, -0.2) is 52.7 Å². The summed E-state index contributed by atoms with van der Waals surface area (Å²) in [5.74, 6) is 0.494. The van der Waals surface area contributed by atoms with Gasteiger partial charge in [-0.2, -0.15) is 9.97 Å². The van der Waals surface area contributed by atoms with Crippen molar-refractivity contribution in [2.24, 2.45) is 0 Å². The number of nitrogens with zero attached hydrogens (tertiary/aromatic N) is 5. The fourth-order valence-electron chi connectivity index (χ4n) is 3.14. The molecular weight excluding hydrogens is 330 g/mol. The van der Waals surface area contributed by atoms with Gasteiger partial charge in [-0.3, -0.25) is 0 Å². The highest BCUT2D eigenvalue weighted by molar-refractivity contribution is 5.82. The molecule has 0 unspecified atom stereocenters. The summed E-state index contributed by atoms with van der Waals surface area (Å²) >= 11 is 0. The maximum Gasteiger partial charge on any atom is 0.247 e. The molecule has 134 valence electrons. The third-order valence-electron chi connectivity index (χ3n) is 4.31. The van der Waals surface area contributed by atoms with E-state index >= 15 is 0 Å². The fourth-order valence-corrected chi connectivity index (χ4v) is 3.14. The van der Waals surface area contributed by atoms with Gasteiger partial charge >= 0.3 is 0 Å². The second-order valence-corrected chi connectivity index (χ2v) is 6.00. The van der Waals surface area contributed by atoms with Crippen LogP contribution in [0.5, 0.6) is 5.88 Å². The van der Waals surface area contributed by atoms with Crippen molar-refractivity contribution in [2.45, 2.75) is 6.92 Å². The Morgan fingerprint density at radius 3 is 2.77 bits per heavy atom. The van der Waals surface area contributed by atoms with Crippen LogP contribution in [0.15, 0.2) is 30.5 Å². The molecule has 0 bridgehead atoms. The fraction of sp³-hybridized carbons (Fsp3) is 0.333. The molecule has 4 rings (SSSR count). The first kappa shape index (κ1) is 16.5. The van der Waals surface area contributed by atoms with Crippen molar-refractivity contribution in [1.29, 1.82) is 0 Å². The van der Waals surface area contributed by atoms with Gasteiger partial charge in [-0.05, 0) is 13.0 Å². The third-order valence-corrected chi connectivity index (χ3v) is 4.31. The first-order valence-corrected chi connectivity index (χ1v) is 8.74. The molecule has 0 atom stereocenters. The predicted octanol–water partition coefficient (Wildman–Crippen LogP) is 1.48. The van der Waals surface area contributed by atoms with Crippen molar-refractivity contribution >= 4 is 22.8 Å². The van der Waals surface area contributed by atoms with Gasteiger partial charge in [0.1, 0.15) is 0 Å². The Hall–Kier alpha value is -3.00. The number of nitrogen functional groups attached to an aromatic ring is 1. The lowest BCUT2D eigenvalue weighted by molar-refractivity contribution is 0.330. The molecule has 0 amide bonds. The summed E-state index contributed by atoms with van der Waals surface area (Å²) < 4.78 is 5.59. The average Bonchev–Trinajstić information content (AvgIpc) is 2.68. The topological polar surface area (TPSA) is 102 Å². The van der Waals surface area contributed by atoms with Crippen LogP contribution in [0.4, 0.5) is 11.6 Å². The Balaban J connectivity index is 1.82. The third kappa shape index (κ3) is 3.11. The first-order valence-electron chi connectivity index (χ1n) is 8.74. The van der Waals surface area contributed by atoms with Crippen LogP contribution in [0.25, 0.3) is 22.4 Å². The van der Waals surface area contributed by atoms with Crippen LogP contribution >= 0.6 is 0 Å². The number of rotatable bonds is 4. The van der Waals surface area contributed by atoms with E-state index in [1.165, 1.54) is 0 Å². The number of piperazine rings is 1. The summed E-state index contributed by atoms with van der Waals surface area (Å²) in [7, 11) is 0. The quantitative estimate of drug-likeness (QED) is 0.729. The summed E-state index contributed by atoms with van der Waals surface area (Å²) in [5.41, 5.74) is 9.65. The van der Waals surface area contributed by atoms with Crippen molar-refractivity contribution in [1.82, 2.24) is 25.3 Å². The molecule has 3 heterocycles. The van der Waals surface area contributed by atoms with Crippen molar-refractivity contribution in [2.75, 3.05) is 43.4 Å². The van der Waals surface area contributed by atoms with E-state index in [2.05, 4.69) is 37.3 Å². The van der Waals surface area contributed by atoms with E-state index < -0.39 is 0 Å². The standard InChI is InChI=1S/C18H21N7O/c1-2-26-17-15-16(23-18(19)24-17)21-11-13(22-15)12-5-3-4-6-14(12)25-9-7-20-8-10-25/h3-6,11,20H,2,7-10H2,1H3,(H2,19,21,23,24). The molecule has 26 heavy (non-hydrogen) atoms. The second kappa shape index (κ2) is 7.09. The number of benzene rings is 1. The van der Waals surface area contributed by atoms with E-state index in [4.69, 9.17) is 15.5 Å². The highest BCUT2D eigenvalue weighted by Gasteiger charge is 2.17. The highest BCUT2D eigenvalue weighted by Crippen LogP contribution is 2.31. The maximum atomic E-state index is 5.74. The normalized spacial score (nSPS) is 14.6. The Labute approximate surface area is 151 Å². The summed E-state index contributed by atoms with van der Waals surface area (Å²) in [5, 5.41) is 3.38. The number of para-hydroxylation sites is 1. The van der Waals surface area contributed by atoms with E-state index in [1.807, 2.05) is 19.1 Å². The van der Waals surface area contributed by atoms with Crippen molar-refractivity contribution in [3.8, 4) is 17.1 Å². The van der Waals surface area contributed by atoms with Gasteiger partial charge in [-0.25, -0.2) is 9.97 Å². The van der Waals surface area contributed by atoms with Crippen LogP contribution in [0.2, 0.25) is 0 Å². The number of ether oxygens (including phenoxy) is 1. The van der Waals surface area contributed by atoms with E-state index in [0.29, 0.717) is 23.7 Å². The van der Waals surface area contributed by atoms with E-state index in [-0.39, 0.29) is 5.95 Å². The zero-order chi connectivity index (χ0) is 17.9. The lowest BCUT2D eigenvalue weighted by Crippen LogP contribution is -2.43. The Kier molecular flexibility index (Phi) is 4.49. The molecule has 1 aliphatic heterocycles. The molecule has 8 heteroatoms. The summed E-state index contributed by atoms with van der Waals surface area (Å²) in [6.45, 7) is 6.22. The molecule has 1 aromatic carbocycles. The molecular formula is C18H21N7O. The Morgan fingerprint density at radius 2 is 1.96 bits per heavy atom. The molecule has 1 aliphatic rings. The summed E-state index contributed by atoms with van der Waals surface area (Å²) in [6.07, 6.45) is 1.73. The Morgan fingerprint density at radius 1 is 1.15 bits per heavy atom. The number of hydrogen-bond acceptors (Lipinski definition) is 8. The lowest BCUT2D eigenvalue weighted by Gasteiger charge is -2.31. The monoisotopic (exact) mass is 351 g/mol. The van der Waals surface area contributed by atoms with Crippen LogP contribution in [0.1, 0.15) is 6.92 Å². The van der Waals surface area contributed by atoms with Gasteiger partial charge in [0.25, 0.3) is 0 Å². The number of hydrogen-bond donors (Lipinski definition) is 2. The predicted molar refractivity (Wildman–Crippen MR) is 101 cm³/mol. The highest BCUT2D eigenvalue weighted by atomic mass is 16.5. The minimum Gasteiger partial charge on any atom is -0.476 e. The smallest absolute Gasteiger partial charge is 0.247 e. The Bertz CT molecular complexity index is 925. The number of nitrogens with two attached hydrogens (primary N) is 1. The van der Waals surface area contributed by atoms with Gasteiger partial charge in [0.15, 0.2) is 11.2 Å². The average molecular weight is 351 g/mol. The van der Waals surface area contributed by atoms with Crippen LogP contribution in [0.3, 0.4) is 0 Å². The van der Waals surface area contributed by atoms with E-state index in [0.717, 1.165) is 43.1 Å². The van der Waals surface area contributed by atoms with Gasteiger partial charge in [-0.1, -0.05) is 18.2 Å². The zero-order valence-electron chi connectivity index (χ0n) is 14.6. The van der Waals surface area contributed by atoms with Gasteiger partial charge in [-0.15, -0.1) is 0 Å². The zero-order valence-corrected chi connectivity index (χ0v) is 14.6. The second-order valence-electron chi connectivity index (χ2n) is 6.00. The number of aromatic nitrogens is 4. The minimum atomic E-state index is 0.129. The SMILES string of the molecule is CCOc1nc(N)nc2ncc(-c3ccccc3N3CCNCC3)nc12. The molecule has 0 radical (unpaired) electrons. The van der Waals surface area contributed by atoms with Crippen molar-refractivity contribution in [3.63, 3.8) is 0 Å². The first-order chi connectivity index (χ1) is 12.8. The largest absolute Gasteiger partial charge is 0.476 e. The molecule has 0 spiro atoms. The van der Waals surface area contributed by atoms with Crippen LogP contribution in [-0.2, 0) is 0 Å². The maximum absolute atomic E-state index is 5.74. The number of fused-ring (bicyclic) bond motifs is 1. The summed E-state index contributed by atoms with van der Waals surface area (Å²) in [6, 6.07) is 8.24. The van der Waals surface area contributed by atoms with Gasteiger partial charge in [0, 0.05) is 37.4 Å². The van der Waals surface area contributed by atoms with Gasteiger partial charge < -0.3 is 20.7 Å². The molecule has 2 aromatic heterocycles. The molecule has 0 saturated carbocycles. The van der Waals surface area contributed by atoms with Crippen molar-refractivity contribution < 1.29 is 4.74 Å². The van der Waals surface area contributed by atoms with Crippen molar-refractivity contribution in [3.05, 3.63) is 30.5 Å². The number of anilines is 2. The van der Waals surface area contributed by atoms with E-state index in [1.54, 1.807) is 6.20 Å². The van der Waals surface area contributed by atoms with Gasteiger partial charge in [0.05, 0.1) is 18.5 Å². The minimum absolute atomic E-state index is 0.129.